The van der Waals surface area contributed by atoms with Gasteiger partial charge in [0.2, 0.25) is 0 Å². The number of nitrogens with one attached hydrogen (secondary N) is 2. The van der Waals surface area contributed by atoms with E-state index in [0.29, 0.717) is 11.3 Å². The Balaban J connectivity index is 0.000000364. The average Bonchev–Trinajstić information content (AvgIpc) is 3.25. The number of carbonyl (C=O) groups excluding carboxylic acids is 1. The van der Waals surface area contributed by atoms with E-state index in [9.17, 15) is 4.79 Å². The fraction of sp³-hybridized carbons (Fsp3) is 0.0588. The van der Waals surface area contributed by atoms with Crippen LogP contribution in [0.2, 0.25) is 0 Å². The van der Waals surface area contributed by atoms with Gasteiger partial charge >= 0.3 is 0 Å². The third-order valence-corrected chi connectivity index (χ3v) is 3.34. The first-order valence-corrected chi connectivity index (χ1v) is 7.02. The van der Waals surface area contributed by atoms with Gasteiger partial charge in [-0.25, -0.2) is 11.1 Å². The summed E-state index contributed by atoms with van der Waals surface area (Å²) in [5.74, 6) is -0.708. The molecule has 0 aliphatic rings. The molecule has 4 heterocycles. The van der Waals surface area contributed by atoms with Crippen molar-refractivity contribution < 1.29 is 4.79 Å². The van der Waals surface area contributed by atoms with E-state index < -0.39 is 5.91 Å². The van der Waals surface area contributed by atoms with E-state index in [0.717, 1.165) is 16.6 Å². The number of aromatic nitrogens is 6. The van der Waals surface area contributed by atoms with E-state index in [1.165, 1.54) is 0 Å². The number of fused-ring (bicyclic) bond motifs is 1. The Labute approximate surface area is 144 Å². The predicted molar refractivity (Wildman–Crippen MR) is 94.2 cm³/mol. The molecule has 4 aromatic rings. The Morgan fingerprint density at radius 3 is 2.65 bits per heavy atom. The molecule has 0 aliphatic heterocycles. The van der Waals surface area contributed by atoms with Gasteiger partial charge in [-0.05, 0) is 24.4 Å². The van der Waals surface area contributed by atoms with Crippen LogP contribution in [0.15, 0.2) is 48.9 Å². The fourth-order valence-corrected chi connectivity index (χ4v) is 2.19. The number of amides is 1. The molecule has 26 heavy (non-hydrogen) atoms. The minimum Gasteiger partial charge on any atom is -0.662 e. The summed E-state index contributed by atoms with van der Waals surface area (Å²) in [6.07, 6.45) is 7.58. The summed E-state index contributed by atoms with van der Waals surface area (Å²) in [4.78, 5) is 15.6. The summed E-state index contributed by atoms with van der Waals surface area (Å²) in [5.41, 5.74) is 9.87. The molecule has 0 fully saturated rings. The van der Waals surface area contributed by atoms with E-state index >= 15 is 0 Å². The fourth-order valence-electron chi connectivity index (χ4n) is 2.19. The molecule has 0 aromatic carbocycles. The van der Waals surface area contributed by atoms with Gasteiger partial charge in [0.15, 0.2) is 0 Å². The van der Waals surface area contributed by atoms with Gasteiger partial charge < -0.3 is 22.5 Å². The van der Waals surface area contributed by atoms with Crippen molar-refractivity contribution in [1.82, 2.24) is 29.9 Å². The van der Waals surface area contributed by atoms with Crippen LogP contribution in [0, 0.1) is 13.6 Å². The smallest absolute Gasteiger partial charge is 0.140 e. The molecule has 0 spiro atoms. The van der Waals surface area contributed by atoms with Crippen molar-refractivity contribution in [2.75, 3.05) is 0 Å². The van der Waals surface area contributed by atoms with Gasteiger partial charge in [0.25, 0.3) is 0 Å². The molecule has 1 radical (unpaired) electrons. The number of pyridine rings is 1. The standard InChI is InChI=1S/C12H11N5O.C4H3N2.CH3.Lr/c1-17-10(11(13)18)4-7-2-3-9(16-12(7)17)8-5-14-15-6-8;1-2-4-6-5-3-1;;/h2-6H,1H3,(H3,13,14,15,16,18);1-3H;1H3;/q;2*-1;/p-1. The predicted octanol–water partition coefficient (Wildman–Crippen LogP) is 2.88. The molecule has 0 unspecified atom stereocenters. The van der Waals surface area contributed by atoms with Crippen molar-refractivity contribution in [2.24, 2.45) is 7.05 Å². The summed E-state index contributed by atoms with van der Waals surface area (Å²) in [6, 6.07) is 8.90. The first-order chi connectivity index (χ1) is 11.7. The summed E-state index contributed by atoms with van der Waals surface area (Å²) in [7, 11) is 1.73. The number of carbonyl (C=O) groups is 1. The van der Waals surface area contributed by atoms with E-state index in [2.05, 4.69) is 31.6 Å². The molecular formula is C17H16LrN7O-3. The zero-order valence-corrected chi connectivity index (χ0v) is 16.2. The van der Waals surface area contributed by atoms with Gasteiger partial charge in [-0.2, -0.15) is 16.3 Å². The molecule has 9 heteroatoms. The van der Waals surface area contributed by atoms with Crippen molar-refractivity contribution in [1.29, 1.82) is 0 Å². The van der Waals surface area contributed by atoms with Gasteiger partial charge in [-0.3, -0.25) is 10.2 Å². The zero-order valence-electron chi connectivity index (χ0n) is 14.0. The van der Waals surface area contributed by atoms with Crippen molar-refractivity contribution >= 4 is 16.9 Å². The second-order valence-electron chi connectivity index (χ2n) is 4.87. The molecule has 0 bridgehead atoms. The maximum atomic E-state index is 11.2. The molecule has 4 aromatic heterocycles. The van der Waals surface area contributed by atoms with Crippen LogP contribution in [0.5, 0.6) is 0 Å². The third-order valence-electron chi connectivity index (χ3n) is 3.34. The van der Waals surface area contributed by atoms with Gasteiger partial charge in [-0.15, -0.1) is 6.20 Å². The zero-order chi connectivity index (χ0) is 16.9. The number of nitrogens with zero attached hydrogens (tertiary/aromatic N) is 5. The molecule has 4 rings (SSSR count). The second-order valence-corrected chi connectivity index (χ2v) is 4.87. The molecule has 1 amide bonds. The van der Waals surface area contributed by atoms with Crippen LogP contribution >= 0.6 is 0 Å². The van der Waals surface area contributed by atoms with Crippen LogP contribution < -0.4 is 0 Å². The summed E-state index contributed by atoms with van der Waals surface area (Å²) >= 11 is 0. The van der Waals surface area contributed by atoms with Crippen LogP contribution in [0.1, 0.15) is 10.5 Å². The van der Waals surface area contributed by atoms with Gasteiger partial charge in [0, 0.05) is 24.2 Å². The van der Waals surface area contributed by atoms with Crippen LogP contribution in [-0.2, 0) is 7.05 Å². The van der Waals surface area contributed by atoms with Crippen molar-refractivity contribution in [3.63, 3.8) is 0 Å². The largest absolute Gasteiger partial charge is 0.662 e. The van der Waals surface area contributed by atoms with Crippen LogP contribution in [0.4, 0.5) is 0 Å². The molecule has 0 saturated heterocycles. The number of aryl methyl sites for hydroxylation is 1. The molecule has 143 valence electrons. The number of rotatable bonds is 2. The van der Waals surface area contributed by atoms with Gasteiger partial charge in [0.1, 0.15) is 5.65 Å². The van der Waals surface area contributed by atoms with E-state index in [-0.39, 0.29) is 7.43 Å². The number of hydrogen-bond donors (Lipinski definition) is 1. The van der Waals surface area contributed by atoms with E-state index in [4.69, 9.17) is 5.73 Å². The number of aromatic amines is 1. The Morgan fingerprint density at radius 1 is 1.35 bits per heavy atom. The van der Waals surface area contributed by atoms with Crippen LogP contribution in [0.3, 0.4) is 0 Å². The second kappa shape index (κ2) is 8.34. The SMILES string of the molecule is Cn1c(C([NH-])=O)cc2ccc(-c3cn[nH]c3)nc21.[CH3-].[Lr].[c-]1cccnn1. The summed E-state index contributed by atoms with van der Waals surface area (Å²) < 4.78 is 1.63. The topological polar surface area (TPSA) is 113 Å². The Hall–Kier alpha value is -4.55. The first-order valence-electron chi connectivity index (χ1n) is 7.02. The van der Waals surface area contributed by atoms with E-state index in [1.807, 2.05) is 12.1 Å². The quantitative estimate of drug-likeness (QED) is 0.358. The van der Waals surface area contributed by atoms with Gasteiger partial charge in [-0.1, -0.05) is 0 Å². The molecule has 2 N–H and O–H groups in total. The molecule has 8 nitrogen and oxygen atoms in total. The third kappa shape index (κ3) is 3.85. The Bertz CT molecular complexity index is 925. The minimum atomic E-state index is -0.708. The molecule has 0 aliphatic carbocycles. The first kappa shape index (κ1) is 19.5. The minimum absolute atomic E-state index is 0. The van der Waals surface area contributed by atoms with E-state index in [1.54, 1.807) is 48.4 Å². The number of hydrogen-bond acceptors (Lipinski definition) is 5. The van der Waals surface area contributed by atoms with Crippen molar-refractivity contribution in [3.8, 4) is 11.3 Å². The summed E-state index contributed by atoms with van der Waals surface area (Å²) in [6.45, 7) is 0. The molecule has 0 saturated carbocycles. The van der Waals surface area contributed by atoms with Crippen molar-refractivity contribution in [3.05, 3.63) is 74.0 Å². The molecular weight excluding hydrogens is 580 g/mol. The summed E-state index contributed by atoms with van der Waals surface area (Å²) in [5, 5.41) is 14.3. The van der Waals surface area contributed by atoms with Gasteiger partial charge in [0.05, 0.1) is 23.5 Å². The van der Waals surface area contributed by atoms with Crippen molar-refractivity contribution in [2.45, 2.75) is 0 Å². The maximum Gasteiger partial charge on any atom is 0.140 e. The van der Waals surface area contributed by atoms with Crippen LogP contribution in [-0.4, -0.2) is 35.9 Å². The number of H-pyrrole nitrogens is 1. The monoisotopic (exact) mass is 596 g/mol. The average molecular weight is 596 g/mol. The maximum absolute atomic E-state index is 11.2. The Morgan fingerprint density at radius 2 is 2.15 bits per heavy atom. The molecule has 0 atom stereocenters. The normalized spacial score (nSPS) is 9.42. The van der Waals surface area contributed by atoms with Crippen LogP contribution in [0.25, 0.3) is 28.0 Å². The Kier molecular flexibility index (Phi) is 6.26.